The average molecular weight is 493 g/mol. The van der Waals surface area contributed by atoms with Crippen LogP contribution in [0.5, 0.6) is 0 Å². The summed E-state index contributed by atoms with van der Waals surface area (Å²) in [7, 11) is -1.46. The smallest absolute Gasteiger partial charge is 0.0654 e. The van der Waals surface area contributed by atoms with Gasteiger partial charge in [0.1, 0.15) is 8.80 Å². The van der Waals surface area contributed by atoms with Crippen LogP contribution >= 0.6 is 0 Å². The maximum Gasteiger partial charge on any atom is 0.104 e. The van der Waals surface area contributed by atoms with Crippen LogP contribution in [0.4, 0.5) is 0 Å². The third-order valence-corrected chi connectivity index (χ3v) is 11.5. The molecule has 0 N–H and O–H groups in total. The Morgan fingerprint density at radius 1 is 0.639 bits per heavy atom. The molecular weight excluding hydrogens is 448 g/mol. The lowest BCUT2D eigenvalue weighted by molar-refractivity contribution is 0.795. The molecule has 0 spiro atoms. The number of rotatable bonds is 8. The van der Waals surface area contributed by atoms with Gasteiger partial charge in [-0.15, -0.1) is 0 Å². The fraction of sp³-hybridized carbons (Fsp3) is 0.371. The van der Waals surface area contributed by atoms with Gasteiger partial charge in [0.25, 0.3) is 0 Å². The Morgan fingerprint density at radius 2 is 1.14 bits per heavy atom. The van der Waals surface area contributed by atoms with Crippen molar-refractivity contribution in [2.24, 2.45) is 5.92 Å². The Hall–Kier alpha value is -2.64. The molecule has 0 saturated carbocycles. The predicted octanol–water partition coefficient (Wildman–Crippen LogP) is 8.04. The number of unbranched alkanes of at least 4 members (excludes halogenated alkanes) is 1. The van der Waals surface area contributed by atoms with Crippen molar-refractivity contribution in [2.75, 3.05) is 0 Å². The average Bonchev–Trinajstić information content (AvgIpc) is 3.03. The van der Waals surface area contributed by atoms with E-state index in [1.807, 2.05) is 0 Å². The van der Waals surface area contributed by atoms with E-state index < -0.39 is 8.80 Å². The van der Waals surface area contributed by atoms with E-state index in [0.29, 0.717) is 5.92 Å². The molecule has 1 heteroatoms. The molecule has 1 aliphatic rings. The Balaban J connectivity index is 1.77. The highest BCUT2D eigenvalue weighted by Crippen LogP contribution is 2.45. The van der Waals surface area contributed by atoms with Gasteiger partial charge in [0, 0.05) is 5.92 Å². The fourth-order valence-electron chi connectivity index (χ4n) is 6.30. The number of hydrogen-bond acceptors (Lipinski definition) is 0. The number of aryl methyl sites for hydroxylation is 5. The Bertz CT molecular complexity index is 1210. The highest BCUT2D eigenvalue weighted by molar-refractivity contribution is 6.85. The van der Waals surface area contributed by atoms with Gasteiger partial charge in [-0.3, -0.25) is 0 Å². The molecular formula is C35H44Si. The standard InChI is InChI=1S/C35H44Si/c1-9-10-11-30-12-14-31(15-13-30)35-29(8)27(6)28(7)34(35)22-36(32-18-23(2)16-24(3)19-32)33-20-25(4)17-26(5)21-33/h12-21,34,36H,9-11,22H2,1-8H3. The van der Waals surface area contributed by atoms with E-state index in [2.05, 4.69) is 116 Å². The summed E-state index contributed by atoms with van der Waals surface area (Å²) in [5.41, 5.74) is 14.6. The maximum absolute atomic E-state index is 2.47. The molecule has 1 atom stereocenters. The van der Waals surface area contributed by atoms with Gasteiger partial charge >= 0.3 is 0 Å². The SMILES string of the molecule is CCCCc1ccc(C2=C(C)C(C)=C(C)C2C[SiH](c2cc(C)cc(C)c2)c2cc(C)cc(C)c2)cc1. The normalized spacial score (nSPS) is 16.0. The Kier molecular flexibility index (Phi) is 8.20. The molecule has 3 aromatic rings. The van der Waals surface area contributed by atoms with Crippen molar-refractivity contribution in [2.45, 2.75) is 80.7 Å². The highest BCUT2D eigenvalue weighted by Gasteiger charge is 2.32. The van der Waals surface area contributed by atoms with Crippen molar-refractivity contribution in [1.82, 2.24) is 0 Å². The fourth-order valence-corrected chi connectivity index (χ4v) is 10.1. The Morgan fingerprint density at radius 3 is 1.61 bits per heavy atom. The monoisotopic (exact) mass is 492 g/mol. The third kappa shape index (κ3) is 5.68. The maximum atomic E-state index is 2.47. The first-order chi connectivity index (χ1) is 17.2. The second-order valence-electron chi connectivity index (χ2n) is 11.3. The largest absolute Gasteiger partial charge is 0.104 e. The van der Waals surface area contributed by atoms with Crippen molar-refractivity contribution < 1.29 is 0 Å². The minimum Gasteiger partial charge on any atom is -0.0654 e. The number of allylic oxidation sites excluding steroid dienone is 4. The van der Waals surface area contributed by atoms with Crippen molar-refractivity contribution >= 4 is 24.7 Å². The van der Waals surface area contributed by atoms with E-state index in [9.17, 15) is 0 Å². The molecule has 36 heavy (non-hydrogen) atoms. The van der Waals surface area contributed by atoms with Crippen LogP contribution < -0.4 is 10.4 Å². The second kappa shape index (κ2) is 11.2. The molecule has 0 heterocycles. The summed E-state index contributed by atoms with van der Waals surface area (Å²) >= 11 is 0. The summed E-state index contributed by atoms with van der Waals surface area (Å²) in [5.74, 6) is 0.491. The van der Waals surface area contributed by atoms with E-state index in [0.717, 1.165) is 0 Å². The van der Waals surface area contributed by atoms with Crippen LogP contribution in [0.15, 0.2) is 77.4 Å². The van der Waals surface area contributed by atoms with Crippen LogP contribution in [0, 0.1) is 33.6 Å². The zero-order valence-electron chi connectivity index (χ0n) is 23.8. The van der Waals surface area contributed by atoms with Gasteiger partial charge in [-0.25, -0.2) is 0 Å². The minimum atomic E-state index is -1.46. The van der Waals surface area contributed by atoms with E-state index in [-0.39, 0.29) is 0 Å². The zero-order valence-corrected chi connectivity index (χ0v) is 24.9. The molecule has 0 nitrogen and oxygen atoms in total. The molecule has 0 radical (unpaired) electrons. The molecule has 0 aromatic heterocycles. The van der Waals surface area contributed by atoms with Crippen molar-refractivity contribution in [3.63, 3.8) is 0 Å². The minimum absolute atomic E-state index is 0.491. The van der Waals surface area contributed by atoms with Crippen molar-refractivity contribution in [3.05, 3.63) is 111 Å². The first kappa shape index (κ1) is 26.4. The van der Waals surface area contributed by atoms with Gasteiger partial charge in [0.2, 0.25) is 0 Å². The van der Waals surface area contributed by atoms with Crippen LogP contribution in [-0.4, -0.2) is 8.80 Å². The molecule has 0 saturated heterocycles. The first-order valence-electron chi connectivity index (χ1n) is 13.8. The van der Waals surface area contributed by atoms with Gasteiger partial charge in [-0.2, -0.15) is 0 Å². The molecule has 1 unspecified atom stereocenters. The quantitative estimate of drug-likeness (QED) is 0.279. The van der Waals surface area contributed by atoms with E-state index >= 15 is 0 Å². The molecule has 4 rings (SSSR count). The molecule has 0 aliphatic heterocycles. The van der Waals surface area contributed by atoms with Crippen LogP contribution in [-0.2, 0) is 6.42 Å². The number of benzene rings is 3. The van der Waals surface area contributed by atoms with Gasteiger partial charge in [0.05, 0.1) is 0 Å². The molecule has 0 amide bonds. The summed E-state index contributed by atoms with van der Waals surface area (Å²) in [4.78, 5) is 0. The molecule has 1 aliphatic carbocycles. The summed E-state index contributed by atoms with van der Waals surface area (Å²) in [6, 6.07) is 25.3. The van der Waals surface area contributed by atoms with E-state index in [4.69, 9.17) is 0 Å². The summed E-state index contributed by atoms with van der Waals surface area (Å²) in [6.07, 6.45) is 3.70. The second-order valence-corrected chi connectivity index (χ2v) is 14.2. The molecule has 0 bridgehead atoms. The van der Waals surface area contributed by atoms with E-state index in [1.54, 1.807) is 21.5 Å². The first-order valence-corrected chi connectivity index (χ1v) is 15.8. The number of hydrogen-bond donors (Lipinski definition) is 0. The van der Waals surface area contributed by atoms with Crippen molar-refractivity contribution in [1.29, 1.82) is 0 Å². The van der Waals surface area contributed by atoms with Gasteiger partial charge in [0.15, 0.2) is 0 Å². The summed E-state index contributed by atoms with van der Waals surface area (Å²) in [5, 5.41) is 3.17. The zero-order chi connectivity index (χ0) is 26.0. The van der Waals surface area contributed by atoms with Crippen LogP contribution in [0.25, 0.3) is 5.57 Å². The van der Waals surface area contributed by atoms with Crippen molar-refractivity contribution in [3.8, 4) is 0 Å². The van der Waals surface area contributed by atoms with Gasteiger partial charge in [-0.05, 0) is 95.2 Å². The van der Waals surface area contributed by atoms with Gasteiger partial charge < -0.3 is 0 Å². The lowest BCUT2D eigenvalue weighted by Gasteiger charge is -2.26. The molecule has 3 aromatic carbocycles. The van der Waals surface area contributed by atoms with Crippen LogP contribution in [0.1, 0.15) is 73.9 Å². The topological polar surface area (TPSA) is 0 Å². The third-order valence-electron chi connectivity index (χ3n) is 8.28. The lowest BCUT2D eigenvalue weighted by atomic mass is 9.90. The molecule has 188 valence electrons. The van der Waals surface area contributed by atoms with E-state index in [1.165, 1.54) is 69.8 Å². The highest BCUT2D eigenvalue weighted by atomic mass is 28.3. The Labute approximate surface area is 221 Å². The summed E-state index contributed by atoms with van der Waals surface area (Å²) in [6.45, 7) is 18.4. The molecule has 0 fully saturated rings. The van der Waals surface area contributed by atoms with Crippen LogP contribution in [0.2, 0.25) is 6.04 Å². The van der Waals surface area contributed by atoms with Gasteiger partial charge in [-0.1, -0.05) is 112 Å². The van der Waals surface area contributed by atoms with Crippen LogP contribution in [0.3, 0.4) is 0 Å². The lowest BCUT2D eigenvalue weighted by Crippen LogP contribution is -2.44. The summed E-state index contributed by atoms with van der Waals surface area (Å²) < 4.78 is 0. The predicted molar refractivity (Wildman–Crippen MR) is 163 cm³/mol.